The third-order valence-electron chi connectivity index (χ3n) is 7.73. The van der Waals surface area contributed by atoms with Gasteiger partial charge in [-0.15, -0.1) is 0 Å². The van der Waals surface area contributed by atoms with E-state index < -0.39 is 0 Å². The van der Waals surface area contributed by atoms with Gasteiger partial charge in [0.25, 0.3) is 0 Å². The summed E-state index contributed by atoms with van der Waals surface area (Å²) in [5.74, 6) is 1.62. The highest BCUT2D eigenvalue weighted by atomic mass is 31.1. The van der Waals surface area contributed by atoms with E-state index in [0.717, 1.165) is 17.0 Å². The Balaban J connectivity index is 1.79. The van der Waals surface area contributed by atoms with Crippen LogP contribution in [0.3, 0.4) is 0 Å². The first-order valence-corrected chi connectivity index (χ1v) is 13.3. The van der Waals surface area contributed by atoms with E-state index in [2.05, 4.69) is 27.7 Å². The molecule has 3 rings (SSSR count). The fourth-order valence-electron chi connectivity index (χ4n) is 6.39. The number of hydrogen-bond acceptors (Lipinski definition) is 1. The van der Waals surface area contributed by atoms with Crippen LogP contribution in [0.2, 0.25) is 0 Å². The van der Waals surface area contributed by atoms with Crippen molar-refractivity contribution in [2.75, 3.05) is 0 Å². The zero-order valence-electron chi connectivity index (χ0n) is 17.9. The highest BCUT2D eigenvalue weighted by molar-refractivity contribution is 7.59. The van der Waals surface area contributed by atoms with Crippen molar-refractivity contribution in [3.8, 4) is 0 Å². The van der Waals surface area contributed by atoms with Crippen LogP contribution in [0.15, 0.2) is 0 Å². The van der Waals surface area contributed by atoms with E-state index in [-0.39, 0.29) is 13.3 Å². The van der Waals surface area contributed by atoms with Gasteiger partial charge in [0.15, 0.2) is 0 Å². The molecule has 1 nitrogen and oxygen atoms in total. The van der Waals surface area contributed by atoms with Crippen LogP contribution in [0.5, 0.6) is 0 Å². The molecule has 3 aliphatic carbocycles. The lowest BCUT2D eigenvalue weighted by molar-refractivity contribution is -0.131. The van der Waals surface area contributed by atoms with Gasteiger partial charge in [0, 0.05) is 11.3 Å². The van der Waals surface area contributed by atoms with Gasteiger partial charge in [-0.2, -0.15) is 0 Å². The average Bonchev–Trinajstić information content (AvgIpc) is 3.12. The summed E-state index contributed by atoms with van der Waals surface area (Å²) >= 11 is 0. The van der Waals surface area contributed by atoms with Gasteiger partial charge in [0.1, 0.15) is 5.78 Å². The molecule has 2 heteroatoms. The molecule has 3 fully saturated rings. The Bertz CT molecular complexity index is 435. The van der Waals surface area contributed by atoms with Crippen molar-refractivity contribution >= 4 is 13.7 Å². The molecule has 0 saturated heterocycles. The molecule has 0 spiro atoms. The van der Waals surface area contributed by atoms with E-state index in [1.54, 1.807) is 0 Å². The molecule has 0 bridgehead atoms. The number of rotatable bonds is 5. The summed E-state index contributed by atoms with van der Waals surface area (Å²) in [7, 11) is 0.0913. The number of carbonyl (C=O) groups is 1. The average molecular weight is 379 g/mol. The molecule has 0 N–H and O–H groups in total. The summed E-state index contributed by atoms with van der Waals surface area (Å²) in [4.78, 5) is 13.2. The fourth-order valence-corrected chi connectivity index (χ4v) is 11.0. The molecule has 0 radical (unpaired) electrons. The van der Waals surface area contributed by atoms with Crippen molar-refractivity contribution in [1.82, 2.24) is 0 Å². The third-order valence-corrected chi connectivity index (χ3v) is 11.8. The first-order valence-electron chi connectivity index (χ1n) is 11.7. The standard InChI is InChI=1S/C24H43OP/c1-18(21-16-11-17-22(21)23(25)24(2,3)4)26(19-12-7-5-8-13-19)20-14-9-6-10-15-20/h18-22H,5-17H2,1-4H3/t18-,21?,22?/m1/s1. The van der Waals surface area contributed by atoms with Crippen molar-refractivity contribution in [3.05, 3.63) is 0 Å². The second kappa shape index (κ2) is 9.07. The smallest absolute Gasteiger partial charge is 0.141 e. The van der Waals surface area contributed by atoms with Crippen molar-refractivity contribution in [2.45, 2.75) is 128 Å². The normalized spacial score (nSPS) is 30.7. The molecule has 0 aromatic heterocycles. The molecular formula is C24H43OP. The van der Waals surface area contributed by atoms with Crippen molar-refractivity contribution in [3.63, 3.8) is 0 Å². The van der Waals surface area contributed by atoms with Gasteiger partial charge in [-0.1, -0.05) is 80.6 Å². The lowest BCUT2D eigenvalue weighted by Gasteiger charge is -2.45. The third kappa shape index (κ3) is 4.74. The summed E-state index contributed by atoms with van der Waals surface area (Å²) in [5.41, 5.74) is 2.69. The first-order chi connectivity index (χ1) is 12.4. The lowest BCUT2D eigenvalue weighted by Crippen LogP contribution is -2.36. The predicted octanol–water partition coefficient (Wildman–Crippen LogP) is 7.55. The second-order valence-electron chi connectivity index (χ2n) is 10.6. The zero-order valence-corrected chi connectivity index (χ0v) is 18.8. The van der Waals surface area contributed by atoms with Gasteiger partial charge in [0.05, 0.1) is 0 Å². The molecule has 3 saturated carbocycles. The van der Waals surface area contributed by atoms with Crippen LogP contribution in [-0.4, -0.2) is 22.8 Å². The molecule has 0 heterocycles. The quantitative estimate of drug-likeness (QED) is 0.451. The van der Waals surface area contributed by atoms with Gasteiger partial charge < -0.3 is 0 Å². The summed E-state index contributed by atoms with van der Waals surface area (Å²) in [6.07, 6.45) is 18.6. The number of Topliss-reactive ketones (excluding diaryl/α,β-unsaturated/α-hetero) is 1. The Labute approximate surface area is 164 Å². The van der Waals surface area contributed by atoms with E-state index >= 15 is 0 Å². The second-order valence-corrected chi connectivity index (χ2v) is 13.8. The molecular weight excluding hydrogens is 335 g/mol. The van der Waals surface area contributed by atoms with Crippen molar-refractivity contribution < 1.29 is 4.79 Å². The maximum absolute atomic E-state index is 13.2. The largest absolute Gasteiger partial charge is 0.299 e. The minimum Gasteiger partial charge on any atom is -0.299 e. The molecule has 0 aromatic rings. The lowest BCUT2D eigenvalue weighted by atomic mass is 9.78. The number of hydrogen-bond donors (Lipinski definition) is 0. The topological polar surface area (TPSA) is 17.1 Å². The van der Waals surface area contributed by atoms with Crippen molar-refractivity contribution in [1.29, 1.82) is 0 Å². The van der Waals surface area contributed by atoms with E-state index in [1.807, 2.05) is 0 Å². The molecule has 3 aliphatic rings. The molecule has 0 aromatic carbocycles. The van der Waals surface area contributed by atoms with Gasteiger partial charge >= 0.3 is 0 Å². The van der Waals surface area contributed by atoms with Crippen LogP contribution >= 0.6 is 7.92 Å². The Hall–Kier alpha value is 0.100. The molecule has 26 heavy (non-hydrogen) atoms. The first kappa shape index (κ1) is 20.8. The van der Waals surface area contributed by atoms with E-state index in [9.17, 15) is 4.79 Å². The fraction of sp³-hybridized carbons (Fsp3) is 0.958. The van der Waals surface area contributed by atoms with E-state index in [4.69, 9.17) is 0 Å². The van der Waals surface area contributed by atoms with E-state index in [0.29, 0.717) is 17.6 Å². The maximum Gasteiger partial charge on any atom is 0.141 e. The minimum atomic E-state index is -0.161. The van der Waals surface area contributed by atoms with Gasteiger partial charge in [0.2, 0.25) is 0 Å². The van der Waals surface area contributed by atoms with Crippen LogP contribution in [0.1, 0.15) is 111 Å². The highest BCUT2D eigenvalue weighted by Crippen LogP contribution is 2.62. The van der Waals surface area contributed by atoms with Gasteiger partial charge in [-0.05, 0) is 61.4 Å². The zero-order chi connectivity index (χ0) is 18.7. The van der Waals surface area contributed by atoms with Crippen molar-refractivity contribution in [2.24, 2.45) is 17.3 Å². The monoisotopic (exact) mass is 378 g/mol. The number of ketones is 1. The highest BCUT2D eigenvalue weighted by Gasteiger charge is 2.45. The summed E-state index contributed by atoms with van der Waals surface area (Å²) in [6.45, 7) is 9.01. The predicted molar refractivity (Wildman–Crippen MR) is 115 cm³/mol. The number of carbonyl (C=O) groups excluding carboxylic acids is 1. The van der Waals surface area contributed by atoms with E-state index in [1.165, 1.54) is 83.5 Å². The van der Waals surface area contributed by atoms with Gasteiger partial charge in [-0.25, -0.2) is 0 Å². The molecule has 0 aliphatic heterocycles. The van der Waals surface area contributed by atoms with Crippen LogP contribution in [0.25, 0.3) is 0 Å². The Morgan fingerprint density at radius 3 is 1.73 bits per heavy atom. The van der Waals surface area contributed by atoms with Crippen LogP contribution in [-0.2, 0) is 4.79 Å². The molecule has 3 atom stereocenters. The van der Waals surface area contributed by atoms with Crippen LogP contribution in [0.4, 0.5) is 0 Å². The maximum atomic E-state index is 13.2. The summed E-state index contributed by atoms with van der Waals surface area (Å²) in [5, 5.41) is 0. The Morgan fingerprint density at radius 2 is 1.27 bits per heavy atom. The van der Waals surface area contributed by atoms with Crippen LogP contribution < -0.4 is 0 Å². The summed E-state index contributed by atoms with van der Waals surface area (Å²) < 4.78 is 0. The molecule has 2 unspecified atom stereocenters. The Morgan fingerprint density at radius 1 is 0.769 bits per heavy atom. The Kier molecular flexibility index (Phi) is 7.26. The molecule has 0 amide bonds. The summed E-state index contributed by atoms with van der Waals surface area (Å²) in [6, 6.07) is 0. The minimum absolute atomic E-state index is 0.0913. The van der Waals surface area contributed by atoms with Gasteiger partial charge in [-0.3, -0.25) is 4.79 Å². The molecule has 150 valence electrons. The SMILES string of the molecule is C[C@H](C1CCCC1C(=O)C(C)(C)C)P(C1CCCCC1)C1CCCCC1. The van der Waals surface area contributed by atoms with Crippen LogP contribution in [0, 0.1) is 17.3 Å².